The highest BCUT2D eigenvalue weighted by Crippen LogP contribution is 2.06. The van der Waals surface area contributed by atoms with Gasteiger partial charge in [0.25, 0.3) is 0 Å². The quantitative estimate of drug-likeness (QED) is 0.837. The van der Waals surface area contributed by atoms with E-state index in [-0.39, 0.29) is 23.9 Å². The molecule has 0 aromatic heterocycles. The Balaban J connectivity index is 1.88. The van der Waals surface area contributed by atoms with Gasteiger partial charge in [0.2, 0.25) is 5.91 Å². The number of nitrogens with one attached hydrogen (secondary N) is 2. The Bertz CT molecular complexity index is 425. The summed E-state index contributed by atoms with van der Waals surface area (Å²) >= 11 is 0. The number of halogens is 1. The van der Waals surface area contributed by atoms with E-state index in [4.69, 9.17) is 4.74 Å². The average molecular weight is 252 g/mol. The fraction of sp³-hybridized carbons (Fsp3) is 0.462. The number of ether oxygens (including phenoxy) is 1. The summed E-state index contributed by atoms with van der Waals surface area (Å²) in [6, 6.07) is 5.85. The number of carbonyl (C=O) groups is 1. The van der Waals surface area contributed by atoms with E-state index in [1.807, 2.05) is 6.92 Å². The van der Waals surface area contributed by atoms with Crippen molar-refractivity contribution in [2.24, 2.45) is 0 Å². The summed E-state index contributed by atoms with van der Waals surface area (Å²) in [7, 11) is 0. The molecular weight excluding hydrogens is 235 g/mol. The van der Waals surface area contributed by atoms with Gasteiger partial charge in [0.1, 0.15) is 11.9 Å². The topological polar surface area (TPSA) is 50.4 Å². The molecule has 4 nitrogen and oxygen atoms in total. The molecule has 2 rings (SSSR count). The molecule has 1 amide bonds. The number of amides is 1. The van der Waals surface area contributed by atoms with Gasteiger partial charge in [-0.3, -0.25) is 4.79 Å². The molecule has 1 aliphatic rings. The van der Waals surface area contributed by atoms with Crippen molar-refractivity contribution in [3.8, 4) is 0 Å². The molecule has 1 fully saturated rings. The van der Waals surface area contributed by atoms with Gasteiger partial charge in [-0.1, -0.05) is 12.1 Å². The highest BCUT2D eigenvalue weighted by Gasteiger charge is 2.27. The molecule has 1 aromatic rings. The Hall–Kier alpha value is -1.46. The lowest BCUT2D eigenvalue weighted by atomic mass is 10.1. The van der Waals surface area contributed by atoms with Crippen LogP contribution in [0.15, 0.2) is 24.3 Å². The Morgan fingerprint density at radius 3 is 3.17 bits per heavy atom. The Kier molecular flexibility index (Phi) is 4.28. The van der Waals surface area contributed by atoms with E-state index in [9.17, 15) is 9.18 Å². The van der Waals surface area contributed by atoms with Gasteiger partial charge in [0.15, 0.2) is 0 Å². The lowest BCUT2D eigenvalue weighted by molar-refractivity contribution is -0.129. The van der Waals surface area contributed by atoms with Crippen molar-refractivity contribution >= 4 is 5.91 Å². The molecule has 0 spiro atoms. The van der Waals surface area contributed by atoms with Crippen LogP contribution in [0, 0.1) is 5.82 Å². The molecular formula is C13H17FN2O2. The average Bonchev–Trinajstić information content (AvgIpc) is 2.37. The molecule has 0 saturated carbocycles. The van der Waals surface area contributed by atoms with E-state index < -0.39 is 0 Å². The zero-order valence-electron chi connectivity index (χ0n) is 10.3. The third kappa shape index (κ3) is 3.27. The fourth-order valence-corrected chi connectivity index (χ4v) is 1.97. The summed E-state index contributed by atoms with van der Waals surface area (Å²) in [5, 5.41) is 5.88. The Morgan fingerprint density at radius 2 is 2.44 bits per heavy atom. The molecule has 1 heterocycles. The number of hydrogen-bond donors (Lipinski definition) is 2. The van der Waals surface area contributed by atoms with E-state index in [0.717, 1.165) is 5.56 Å². The molecule has 98 valence electrons. The first kappa shape index (κ1) is 13.0. The summed E-state index contributed by atoms with van der Waals surface area (Å²) in [4.78, 5) is 11.9. The van der Waals surface area contributed by atoms with Gasteiger partial charge in [-0.05, 0) is 24.6 Å². The highest BCUT2D eigenvalue weighted by molar-refractivity contribution is 5.82. The molecule has 18 heavy (non-hydrogen) atoms. The molecule has 1 aliphatic heterocycles. The maximum Gasteiger partial charge on any atom is 0.240 e. The second-order valence-corrected chi connectivity index (χ2v) is 4.36. The summed E-state index contributed by atoms with van der Waals surface area (Å²) < 4.78 is 18.4. The van der Waals surface area contributed by atoms with Crippen molar-refractivity contribution in [3.05, 3.63) is 35.6 Å². The zero-order valence-corrected chi connectivity index (χ0v) is 10.3. The van der Waals surface area contributed by atoms with E-state index in [0.29, 0.717) is 19.7 Å². The van der Waals surface area contributed by atoms with E-state index in [1.54, 1.807) is 12.1 Å². The molecule has 0 unspecified atom stereocenters. The van der Waals surface area contributed by atoms with E-state index in [1.165, 1.54) is 12.1 Å². The second-order valence-electron chi connectivity index (χ2n) is 4.36. The first-order valence-corrected chi connectivity index (χ1v) is 6.04. The third-order valence-electron chi connectivity index (χ3n) is 2.95. The van der Waals surface area contributed by atoms with Crippen LogP contribution >= 0.6 is 0 Å². The number of morpholine rings is 1. The fourth-order valence-electron chi connectivity index (χ4n) is 1.97. The first-order valence-electron chi connectivity index (χ1n) is 6.04. The number of hydrogen-bond acceptors (Lipinski definition) is 3. The van der Waals surface area contributed by atoms with Gasteiger partial charge in [-0.25, -0.2) is 4.39 Å². The monoisotopic (exact) mass is 252 g/mol. The van der Waals surface area contributed by atoms with Crippen molar-refractivity contribution < 1.29 is 13.9 Å². The molecule has 0 bridgehead atoms. The van der Waals surface area contributed by atoms with Gasteiger partial charge in [-0.2, -0.15) is 0 Å². The summed E-state index contributed by atoms with van der Waals surface area (Å²) in [6.07, 6.45) is -0.147. The molecule has 5 heteroatoms. The SMILES string of the molecule is C[C@H]1OCCN[C@@H]1C(=O)NCc1cccc(F)c1. The molecule has 2 N–H and O–H groups in total. The third-order valence-corrected chi connectivity index (χ3v) is 2.95. The van der Waals surface area contributed by atoms with Crippen LogP contribution in [0.1, 0.15) is 12.5 Å². The van der Waals surface area contributed by atoms with Gasteiger partial charge < -0.3 is 15.4 Å². The van der Waals surface area contributed by atoms with Crippen molar-refractivity contribution in [1.82, 2.24) is 10.6 Å². The lowest BCUT2D eigenvalue weighted by Crippen LogP contribution is -2.55. The van der Waals surface area contributed by atoms with Crippen molar-refractivity contribution in [3.63, 3.8) is 0 Å². The summed E-state index contributed by atoms with van der Waals surface area (Å²) in [5.74, 6) is -0.416. The van der Waals surface area contributed by atoms with Crippen LogP contribution < -0.4 is 10.6 Å². The van der Waals surface area contributed by atoms with Crippen LogP contribution in [0.3, 0.4) is 0 Å². The van der Waals surface area contributed by atoms with Crippen molar-refractivity contribution in [2.45, 2.75) is 25.6 Å². The maximum absolute atomic E-state index is 13.0. The molecule has 0 radical (unpaired) electrons. The predicted octanol–water partition coefficient (Wildman–Crippen LogP) is 0.819. The molecule has 1 saturated heterocycles. The number of carbonyl (C=O) groups excluding carboxylic acids is 1. The largest absolute Gasteiger partial charge is 0.375 e. The first-order chi connectivity index (χ1) is 8.66. The zero-order chi connectivity index (χ0) is 13.0. The van der Waals surface area contributed by atoms with Crippen LogP contribution in [0.2, 0.25) is 0 Å². The predicted molar refractivity (Wildman–Crippen MR) is 65.5 cm³/mol. The van der Waals surface area contributed by atoms with Crippen molar-refractivity contribution in [1.29, 1.82) is 0 Å². The Morgan fingerprint density at radius 1 is 1.61 bits per heavy atom. The number of benzene rings is 1. The van der Waals surface area contributed by atoms with Crippen LogP contribution in [0.25, 0.3) is 0 Å². The van der Waals surface area contributed by atoms with Gasteiger partial charge >= 0.3 is 0 Å². The van der Waals surface area contributed by atoms with Gasteiger partial charge in [0.05, 0.1) is 12.7 Å². The highest BCUT2D eigenvalue weighted by atomic mass is 19.1. The standard InChI is InChI=1S/C13H17FN2O2/c1-9-12(15-5-6-18-9)13(17)16-8-10-3-2-4-11(14)7-10/h2-4,7,9,12,15H,5-6,8H2,1H3,(H,16,17)/t9-,12+/m1/s1. The minimum atomic E-state index is -0.340. The minimum Gasteiger partial charge on any atom is -0.375 e. The van der Waals surface area contributed by atoms with Crippen LogP contribution in [-0.2, 0) is 16.1 Å². The summed E-state index contributed by atoms with van der Waals surface area (Å²) in [5.41, 5.74) is 0.743. The van der Waals surface area contributed by atoms with Gasteiger partial charge in [0, 0.05) is 13.1 Å². The lowest BCUT2D eigenvalue weighted by Gasteiger charge is -2.29. The van der Waals surface area contributed by atoms with Crippen LogP contribution in [-0.4, -0.2) is 31.2 Å². The van der Waals surface area contributed by atoms with Crippen molar-refractivity contribution in [2.75, 3.05) is 13.2 Å². The normalized spacial score (nSPS) is 23.7. The van der Waals surface area contributed by atoms with E-state index in [2.05, 4.69) is 10.6 Å². The number of rotatable bonds is 3. The molecule has 1 aromatic carbocycles. The van der Waals surface area contributed by atoms with E-state index >= 15 is 0 Å². The summed E-state index contributed by atoms with van der Waals surface area (Å²) in [6.45, 7) is 3.47. The molecule has 2 atom stereocenters. The van der Waals surface area contributed by atoms with Crippen LogP contribution in [0.5, 0.6) is 0 Å². The Labute approximate surface area is 106 Å². The van der Waals surface area contributed by atoms with Gasteiger partial charge in [-0.15, -0.1) is 0 Å². The maximum atomic E-state index is 13.0. The van der Waals surface area contributed by atoms with Crippen LogP contribution in [0.4, 0.5) is 4.39 Å². The second kappa shape index (κ2) is 5.93. The smallest absolute Gasteiger partial charge is 0.240 e. The molecule has 0 aliphatic carbocycles. The minimum absolute atomic E-state index is 0.119.